The van der Waals surface area contributed by atoms with Crippen LogP contribution in [0.1, 0.15) is 11.6 Å². The van der Waals surface area contributed by atoms with Gasteiger partial charge < -0.3 is 10.1 Å². The van der Waals surface area contributed by atoms with Crippen molar-refractivity contribution in [2.45, 2.75) is 6.04 Å². The van der Waals surface area contributed by atoms with Crippen LogP contribution in [0.2, 0.25) is 0 Å². The average molecular weight is 277 g/mol. The van der Waals surface area contributed by atoms with Crippen LogP contribution < -0.4 is 10.1 Å². The van der Waals surface area contributed by atoms with Gasteiger partial charge in [-0.3, -0.25) is 14.6 Å². The first-order valence-electron chi connectivity index (χ1n) is 6.91. The van der Waals surface area contributed by atoms with E-state index in [4.69, 9.17) is 4.74 Å². The molecule has 0 aliphatic carbocycles. The van der Waals surface area contributed by atoms with E-state index in [1.54, 1.807) is 14.2 Å². The third kappa shape index (κ3) is 3.49. The quantitative estimate of drug-likeness (QED) is 0.881. The van der Waals surface area contributed by atoms with E-state index in [-0.39, 0.29) is 5.91 Å². The van der Waals surface area contributed by atoms with Crippen LogP contribution >= 0.6 is 0 Å². The first-order chi connectivity index (χ1) is 9.63. The highest BCUT2D eigenvalue weighted by atomic mass is 16.5. The van der Waals surface area contributed by atoms with Crippen molar-refractivity contribution in [1.29, 1.82) is 0 Å². The molecular weight excluding hydrogens is 254 g/mol. The minimum atomic E-state index is 0.0723. The van der Waals surface area contributed by atoms with Gasteiger partial charge in [0.15, 0.2) is 0 Å². The lowest BCUT2D eigenvalue weighted by Gasteiger charge is -2.39. The third-order valence-electron chi connectivity index (χ3n) is 3.88. The van der Waals surface area contributed by atoms with Crippen LogP contribution in [0, 0.1) is 0 Å². The van der Waals surface area contributed by atoms with Gasteiger partial charge in [0.25, 0.3) is 0 Å². The number of nitrogens with zero attached hydrogens (tertiary/aromatic N) is 2. The van der Waals surface area contributed by atoms with Crippen molar-refractivity contribution in [2.24, 2.45) is 0 Å². The molecule has 5 heteroatoms. The van der Waals surface area contributed by atoms with Crippen molar-refractivity contribution in [3.63, 3.8) is 0 Å². The monoisotopic (exact) mass is 277 g/mol. The number of benzene rings is 1. The molecule has 110 valence electrons. The highest BCUT2D eigenvalue weighted by molar-refractivity contribution is 5.77. The zero-order valence-corrected chi connectivity index (χ0v) is 12.4. The molecular formula is C15H23N3O2. The van der Waals surface area contributed by atoms with Gasteiger partial charge in [-0.25, -0.2) is 0 Å². The lowest BCUT2D eigenvalue weighted by Crippen LogP contribution is -2.49. The number of piperazine rings is 1. The maximum absolute atomic E-state index is 11.5. The second-order valence-electron chi connectivity index (χ2n) is 5.18. The molecule has 1 aliphatic rings. The summed E-state index contributed by atoms with van der Waals surface area (Å²) in [6.45, 7) is 3.23. The van der Waals surface area contributed by atoms with Crippen LogP contribution in [0.25, 0.3) is 0 Å². The predicted molar refractivity (Wildman–Crippen MR) is 78.9 cm³/mol. The van der Waals surface area contributed by atoms with E-state index in [2.05, 4.69) is 34.3 Å². The Hall–Kier alpha value is -1.59. The van der Waals surface area contributed by atoms with Crippen molar-refractivity contribution in [1.82, 2.24) is 15.1 Å². The van der Waals surface area contributed by atoms with Crippen molar-refractivity contribution < 1.29 is 9.53 Å². The Balaban J connectivity index is 2.05. The van der Waals surface area contributed by atoms with Crippen molar-refractivity contribution >= 4 is 5.91 Å². The first-order valence-corrected chi connectivity index (χ1v) is 6.91. The van der Waals surface area contributed by atoms with Gasteiger partial charge in [-0.05, 0) is 24.7 Å². The second-order valence-corrected chi connectivity index (χ2v) is 5.18. The van der Waals surface area contributed by atoms with Gasteiger partial charge in [0.2, 0.25) is 5.91 Å². The number of hydrogen-bond donors (Lipinski definition) is 1. The molecule has 1 N–H and O–H groups in total. The lowest BCUT2D eigenvalue weighted by atomic mass is 10.0. The van der Waals surface area contributed by atoms with Gasteiger partial charge in [-0.15, -0.1) is 0 Å². The van der Waals surface area contributed by atoms with Crippen molar-refractivity contribution in [3.05, 3.63) is 29.8 Å². The van der Waals surface area contributed by atoms with Gasteiger partial charge in [-0.1, -0.05) is 12.1 Å². The van der Waals surface area contributed by atoms with E-state index in [1.165, 1.54) is 5.56 Å². The van der Waals surface area contributed by atoms with E-state index in [1.807, 2.05) is 12.1 Å². The van der Waals surface area contributed by atoms with Crippen LogP contribution in [0.5, 0.6) is 5.75 Å². The molecule has 2 rings (SSSR count). The summed E-state index contributed by atoms with van der Waals surface area (Å²) in [5.41, 5.74) is 1.26. The van der Waals surface area contributed by atoms with Gasteiger partial charge in [0, 0.05) is 32.7 Å². The summed E-state index contributed by atoms with van der Waals surface area (Å²) in [7, 11) is 5.48. The molecule has 0 spiro atoms. The summed E-state index contributed by atoms with van der Waals surface area (Å²) in [6, 6.07) is 8.49. The molecule has 0 bridgehead atoms. The summed E-state index contributed by atoms with van der Waals surface area (Å²) < 4.78 is 5.19. The fourth-order valence-electron chi connectivity index (χ4n) is 2.54. The largest absolute Gasteiger partial charge is 0.497 e. The molecule has 20 heavy (non-hydrogen) atoms. The molecule has 0 aromatic heterocycles. The number of hydrogen-bond acceptors (Lipinski definition) is 4. The van der Waals surface area contributed by atoms with Gasteiger partial charge in [0.1, 0.15) is 5.75 Å². The van der Waals surface area contributed by atoms with Crippen LogP contribution in [0.4, 0.5) is 0 Å². The summed E-state index contributed by atoms with van der Waals surface area (Å²) in [5, 5.41) is 2.68. The van der Waals surface area contributed by atoms with Gasteiger partial charge >= 0.3 is 0 Å². The molecule has 1 aromatic rings. The maximum atomic E-state index is 11.5. The molecule has 1 unspecified atom stereocenters. The Bertz CT molecular complexity index is 447. The van der Waals surface area contributed by atoms with Crippen molar-refractivity contribution in [3.8, 4) is 5.75 Å². The number of carbonyl (C=O) groups is 1. The number of carbonyl (C=O) groups excluding carboxylic acids is 1. The maximum Gasteiger partial charge on any atom is 0.233 e. The molecule has 1 saturated heterocycles. The lowest BCUT2D eigenvalue weighted by molar-refractivity contribution is -0.122. The summed E-state index contributed by atoms with van der Waals surface area (Å²) in [4.78, 5) is 16.0. The van der Waals surface area contributed by atoms with E-state index < -0.39 is 0 Å². The van der Waals surface area contributed by atoms with Crippen LogP contribution in [-0.4, -0.2) is 63.1 Å². The SMILES string of the molecule is CNC(=O)CN1CCN(C)C(c2ccc(OC)cc2)C1. The minimum absolute atomic E-state index is 0.0723. The number of ether oxygens (including phenoxy) is 1. The van der Waals surface area contributed by atoms with Crippen LogP contribution in [0.3, 0.4) is 0 Å². The molecule has 0 saturated carbocycles. The molecule has 1 aliphatic heterocycles. The fraction of sp³-hybridized carbons (Fsp3) is 0.533. The first kappa shape index (κ1) is 14.8. The second kappa shape index (κ2) is 6.72. The zero-order chi connectivity index (χ0) is 14.5. The number of likely N-dealkylation sites (N-methyl/N-ethyl adjacent to an activating group) is 2. The van der Waals surface area contributed by atoms with Gasteiger partial charge in [0.05, 0.1) is 13.7 Å². The third-order valence-corrected chi connectivity index (χ3v) is 3.88. The Morgan fingerprint density at radius 1 is 1.35 bits per heavy atom. The Kier molecular flexibility index (Phi) is 4.98. The molecule has 0 radical (unpaired) electrons. The number of amides is 1. The smallest absolute Gasteiger partial charge is 0.233 e. The van der Waals surface area contributed by atoms with Crippen LogP contribution in [0.15, 0.2) is 24.3 Å². The number of rotatable bonds is 4. The Morgan fingerprint density at radius 3 is 2.65 bits per heavy atom. The standard InChI is InChI=1S/C15H23N3O2/c1-16-15(19)11-18-9-8-17(2)14(10-18)12-4-6-13(20-3)7-5-12/h4-7,14H,8-11H2,1-3H3,(H,16,19). The zero-order valence-electron chi connectivity index (χ0n) is 12.4. The Morgan fingerprint density at radius 2 is 2.05 bits per heavy atom. The molecule has 1 fully saturated rings. The van der Waals surface area contributed by atoms with Gasteiger partial charge in [-0.2, -0.15) is 0 Å². The van der Waals surface area contributed by atoms with E-state index in [9.17, 15) is 4.79 Å². The number of nitrogens with one attached hydrogen (secondary N) is 1. The van der Waals surface area contributed by atoms with Crippen LogP contribution in [-0.2, 0) is 4.79 Å². The van der Waals surface area contributed by atoms with E-state index in [0.717, 1.165) is 25.4 Å². The molecule has 5 nitrogen and oxygen atoms in total. The average Bonchev–Trinajstić information content (AvgIpc) is 2.49. The summed E-state index contributed by atoms with van der Waals surface area (Å²) in [5.74, 6) is 0.942. The molecule has 1 atom stereocenters. The minimum Gasteiger partial charge on any atom is -0.497 e. The topological polar surface area (TPSA) is 44.8 Å². The molecule has 1 heterocycles. The van der Waals surface area contributed by atoms with E-state index in [0.29, 0.717) is 12.6 Å². The fourth-order valence-corrected chi connectivity index (χ4v) is 2.54. The molecule has 1 aromatic carbocycles. The van der Waals surface area contributed by atoms with E-state index >= 15 is 0 Å². The Labute approximate surface area is 120 Å². The normalized spacial score (nSPS) is 20.6. The number of methoxy groups -OCH3 is 1. The summed E-state index contributed by atoms with van der Waals surface area (Å²) >= 11 is 0. The summed E-state index contributed by atoms with van der Waals surface area (Å²) in [6.07, 6.45) is 0. The highest BCUT2D eigenvalue weighted by Gasteiger charge is 2.26. The van der Waals surface area contributed by atoms with Crippen molar-refractivity contribution in [2.75, 3.05) is 47.4 Å². The molecule has 1 amide bonds. The highest BCUT2D eigenvalue weighted by Crippen LogP contribution is 2.25. The predicted octanol–water partition coefficient (Wildman–Crippen LogP) is 0.730.